The number of aryl methyl sites for hydroxylation is 4. The van der Waals surface area contributed by atoms with Crippen LogP contribution in [0.4, 0.5) is 5.69 Å². The summed E-state index contributed by atoms with van der Waals surface area (Å²) in [6.07, 6.45) is 1.82. The molecule has 0 aliphatic carbocycles. The van der Waals surface area contributed by atoms with Crippen molar-refractivity contribution in [2.75, 3.05) is 0 Å². The van der Waals surface area contributed by atoms with Crippen molar-refractivity contribution in [3.8, 4) is 11.3 Å². The molecule has 0 unspecified atom stereocenters. The lowest BCUT2D eigenvalue weighted by molar-refractivity contribution is -0.660. The molecule has 0 saturated heterocycles. The van der Waals surface area contributed by atoms with Gasteiger partial charge in [0.25, 0.3) is 0 Å². The Balaban J connectivity index is 2.20. The monoisotopic (exact) mass is 328 g/mol. The number of hydrogen-bond donors (Lipinski definition) is 0. The van der Waals surface area contributed by atoms with Gasteiger partial charge in [0.2, 0.25) is 11.4 Å². The second-order valence-corrected chi connectivity index (χ2v) is 6.55. The van der Waals surface area contributed by atoms with Crippen molar-refractivity contribution in [2.24, 2.45) is 7.05 Å². The zero-order chi connectivity index (χ0) is 18.6. The number of pyridine rings is 1. The molecule has 0 radical (unpaired) electrons. The zero-order valence-corrected chi connectivity index (χ0v) is 14.8. The zero-order valence-electron chi connectivity index (χ0n) is 15.8. The summed E-state index contributed by atoms with van der Waals surface area (Å²) in [4.78, 5) is 3.63. The van der Waals surface area contributed by atoms with Gasteiger partial charge in [-0.05, 0) is 37.5 Å². The Hall–Kier alpha value is -3.12. The van der Waals surface area contributed by atoms with Crippen molar-refractivity contribution in [1.29, 1.82) is 0 Å². The molecule has 0 aliphatic rings. The first-order valence-corrected chi connectivity index (χ1v) is 8.22. The van der Waals surface area contributed by atoms with Crippen molar-refractivity contribution in [3.63, 3.8) is 0 Å². The van der Waals surface area contributed by atoms with Crippen molar-refractivity contribution >= 4 is 27.6 Å². The van der Waals surface area contributed by atoms with Crippen LogP contribution in [0.3, 0.4) is 0 Å². The maximum atomic E-state index is 8.03. The predicted octanol–water partition coefficient (Wildman–Crippen LogP) is 5.55. The smallest absolute Gasteiger partial charge is 0.229 e. The van der Waals surface area contributed by atoms with Crippen LogP contribution in [0.5, 0.6) is 0 Å². The SMILES string of the molecule is [2H]c1c[n+](C)c(-c2c(C)ccc3c2oc2c([N+]#[C-])ccc(C)c23)cc1C. The maximum Gasteiger partial charge on any atom is 0.229 e. The third-order valence-electron chi connectivity index (χ3n) is 4.78. The molecule has 2 aromatic heterocycles. The van der Waals surface area contributed by atoms with E-state index in [9.17, 15) is 0 Å². The number of hydrogen-bond acceptors (Lipinski definition) is 1. The van der Waals surface area contributed by atoms with Gasteiger partial charge in [0, 0.05) is 22.9 Å². The molecule has 0 spiro atoms. The number of aromatic nitrogens is 1. The van der Waals surface area contributed by atoms with Crippen LogP contribution in [-0.4, -0.2) is 0 Å². The number of fused-ring (bicyclic) bond motifs is 3. The van der Waals surface area contributed by atoms with Crippen molar-refractivity contribution in [2.45, 2.75) is 20.8 Å². The maximum absolute atomic E-state index is 8.03. The highest BCUT2D eigenvalue weighted by Gasteiger charge is 2.22. The van der Waals surface area contributed by atoms with Gasteiger partial charge in [0.1, 0.15) is 18.2 Å². The van der Waals surface area contributed by atoms with E-state index in [-0.39, 0.29) is 0 Å². The number of rotatable bonds is 1. The second-order valence-electron chi connectivity index (χ2n) is 6.55. The average Bonchev–Trinajstić information content (AvgIpc) is 2.99. The van der Waals surface area contributed by atoms with Crippen LogP contribution in [0.25, 0.3) is 38.0 Å². The van der Waals surface area contributed by atoms with Crippen molar-refractivity contribution in [3.05, 3.63) is 70.7 Å². The van der Waals surface area contributed by atoms with Crippen LogP contribution in [0.1, 0.15) is 18.1 Å². The van der Waals surface area contributed by atoms with E-state index in [1.165, 1.54) is 0 Å². The quantitative estimate of drug-likeness (QED) is 0.331. The number of furan rings is 1. The molecule has 0 saturated carbocycles. The normalized spacial score (nSPS) is 11.7. The molecule has 0 bridgehead atoms. The van der Waals surface area contributed by atoms with Crippen LogP contribution >= 0.6 is 0 Å². The summed E-state index contributed by atoms with van der Waals surface area (Å²) < 4.78 is 16.3. The highest BCUT2D eigenvalue weighted by atomic mass is 16.3. The standard InChI is InChI=1S/C22H19N2O/c1-13-10-11-24(5)18(12-13)20-15(3)6-8-16-19-14(2)7-9-17(23-4)22(19)25-21(16)20/h6-12H,1-3,5H3/q+1/i10D. The lowest BCUT2D eigenvalue weighted by Gasteiger charge is -2.06. The van der Waals surface area contributed by atoms with E-state index in [0.717, 1.165) is 44.3 Å². The fourth-order valence-electron chi connectivity index (χ4n) is 3.47. The van der Waals surface area contributed by atoms with Crippen LogP contribution in [0, 0.1) is 27.3 Å². The molecule has 4 aromatic rings. The Morgan fingerprint density at radius 3 is 2.60 bits per heavy atom. The molecule has 0 amide bonds. The summed E-state index contributed by atoms with van der Waals surface area (Å²) in [5, 5.41) is 2.03. The summed E-state index contributed by atoms with van der Waals surface area (Å²) in [6, 6.07) is 10.5. The van der Waals surface area contributed by atoms with Crippen molar-refractivity contribution in [1.82, 2.24) is 0 Å². The van der Waals surface area contributed by atoms with E-state index in [1.54, 1.807) is 0 Å². The minimum atomic E-state index is 0.511. The highest BCUT2D eigenvalue weighted by molar-refractivity contribution is 6.14. The molecule has 122 valence electrons. The highest BCUT2D eigenvalue weighted by Crippen LogP contribution is 2.41. The van der Waals surface area contributed by atoms with E-state index in [0.29, 0.717) is 17.3 Å². The first-order chi connectivity index (χ1) is 12.4. The third kappa shape index (κ3) is 2.22. The van der Waals surface area contributed by atoms with E-state index in [2.05, 4.69) is 23.9 Å². The van der Waals surface area contributed by atoms with Crippen LogP contribution < -0.4 is 4.57 Å². The van der Waals surface area contributed by atoms with Crippen molar-refractivity contribution < 1.29 is 10.4 Å². The van der Waals surface area contributed by atoms with Gasteiger partial charge >= 0.3 is 0 Å². The third-order valence-corrected chi connectivity index (χ3v) is 4.78. The average molecular weight is 328 g/mol. The van der Waals surface area contributed by atoms with Gasteiger partial charge in [-0.25, -0.2) is 9.41 Å². The van der Waals surface area contributed by atoms with Crippen LogP contribution in [-0.2, 0) is 7.05 Å². The summed E-state index contributed by atoms with van der Waals surface area (Å²) in [7, 11) is 1.95. The van der Waals surface area contributed by atoms with E-state index in [4.69, 9.17) is 12.4 Å². The first-order valence-electron chi connectivity index (χ1n) is 8.72. The largest absolute Gasteiger partial charge is 0.466 e. The van der Waals surface area contributed by atoms with Gasteiger partial charge in [0.15, 0.2) is 6.20 Å². The second kappa shape index (κ2) is 5.46. The Bertz CT molecular complexity index is 1250. The Morgan fingerprint density at radius 2 is 1.84 bits per heavy atom. The molecule has 25 heavy (non-hydrogen) atoms. The molecule has 0 aliphatic heterocycles. The number of benzene rings is 2. The predicted molar refractivity (Wildman–Crippen MR) is 101 cm³/mol. The molecule has 2 heterocycles. The molecule has 3 heteroatoms. The molecule has 3 nitrogen and oxygen atoms in total. The Kier molecular flexibility index (Phi) is 3.11. The van der Waals surface area contributed by atoms with Crippen LogP contribution in [0.15, 0.2) is 47.0 Å². The topological polar surface area (TPSA) is 21.4 Å². The first kappa shape index (κ1) is 14.2. The fraction of sp³-hybridized carbons (Fsp3) is 0.182. The summed E-state index contributed by atoms with van der Waals surface area (Å²) in [5.41, 5.74) is 7.12. The molecular weight excluding hydrogens is 308 g/mol. The van der Waals surface area contributed by atoms with Gasteiger partial charge in [-0.15, -0.1) is 0 Å². The van der Waals surface area contributed by atoms with Gasteiger partial charge in [-0.2, -0.15) is 0 Å². The molecule has 2 aromatic carbocycles. The fourth-order valence-corrected chi connectivity index (χ4v) is 3.47. The summed E-state index contributed by atoms with van der Waals surface area (Å²) in [5.74, 6) is 0. The lowest BCUT2D eigenvalue weighted by atomic mass is 9.98. The van der Waals surface area contributed by atoms with Gasteiger partial charge < -0.3 is 4.42 Å². The Labute approximate surface area is 148 Å². The Morgan fingerprint density at radius 1 is 1.08 bits per heavy atom. The van der Waals surface area contributed by atoms with Crippen LogP contribution in [0.2, 0.25) is 0 Å². The molecule has 4 rings (SSSR count). The molecule has 0 atom stereocenters. The number of nitrogens with zero attached hydrogens (tertiary/aromatic N) is 2. The summed E-state index contributed by atoms with van der Waals surface area (Å²) >= 11 is 0. The molecule has 0 N–H and O–H groups in total. The van der Waals surface area contributed by atoms with E-state index in [1.807, 2.05) is 49.9 Å². The molecular formula is C22H19N2O+. The van der Waals surface area contributed by atoms with Gasteiger partial charge in [0.05, 0.1) is 13.5 Å². The van der Waals surface area contributed by atoms with E-state index >= 15 is 0 Å². The van der Waals surface area contributed by atoms with Gasteiger partial charge in [-0.1, -0.05) is 24.3 Å². The lowest BCUT2D eigenvalue weighted by Crippen LogP contribution is -2.30. The minimum absolute atomic E-state index is 0.511. The van der Waals surface area contributed by atoms with E-state index < -0.39 is 0 Å². The van der Waals surface area contributed by atoms with Gasteiger partial charge in [-0.3, -0.25) is 0 Å². The summed E-state index contributed by atoms with van der Waals surface area (Å²) in [6.45, 7) is 13.5. The minimum Gasteiger partial charge on any atom is -0.466 e. The molecule has 0 fully saturated rings.